The van der Waals surface area contributed by atoms with Gasteiger partial charge in [-0.25, -0.2) is 4.39 Å². The van der Waals surface area contributed by atoms with Gasteiger partial charge in [0, 0.05) is 35.2 Å². The maximum Gasteiger partial charge on any atom is 0.253 e. The molecular formula is C15H16FIN4OS. The topological polar surface area (TPSA) is 53.9 Å². The van der Waals surface area contributed by atoms with E-state index < -0.39 is 0 Å². The highest BCUT2D eigenvalue weighted by atomic mass is 127. The number of hydrogen-bond acceptors (Lipinski definition) is 3. The highest BCUT2D eigenvalue weighted by Gasteiger charge is 2.28. The van der Waals surface area contributed by atoms with Gasteiger partial charge in [0.25, 0.3) is 5.91 Å². The van der Waals surface area contributed by atoms with E-state index in [2.05, 4.69) is 10.2 Å². The van der Waals surface area contributed by atoms with Crippen LogP contribution in [-0.2, 0) is 7.05 Å². The molecular weight excluding hydrogens is 430 g/mol. The number of rotatable bonds is 2. The summed E-state index contributed by atoms with van der Waals surface area (Å²) in [4.78, 5) is 14.4. The Morgan fingerprint density at radius 1 is 1.52 bits per heavy atom. The van der Waals surface area contributed by atoms with Crippen LogP contribution in [0.5, 0.6) is 0 Å². The fourth-order valence-corrected chi connectivity index (χ4v) is 3.38. The van der Waals surface area contributed by atoms with Crippen molar-refractivity contribution >= 4 is 40.7 Å². The smallest absolute Gasteiger partial charge is 0.253 e. The molecule has 1 aliphatic heterocycles. The summed E-state index contributed by atoms with van der Waals surface area (Å²) >= 11 is 7.06. The van der Waals surface area contributed by atoms with Gasteiger partial charge in [-0.05, 0) is 65.8 Å². The molecule has 2 heterocycles. The Kier molecular flexibility index (Phi) is 4.81. The third-order valence-electron chi connectivity index (χ3n) is 4.15. The van der Waals surface area contributed by atoms with Crippen molar-refractivity contribution in [1.82, 2.24) is 19.7 Å². The van der Waals surface area contributed by atoms with Crippen molar-refractivity contribution in [3.8, 4) is 0 Å². The Balaban J connectivity index is 1.80. The number of nitrogens with zero attached hydrogens (tertiary/aromatic N) is 3. The first kappa shape index (κ1) is 16.6. The molecule has 3 rings (SSSR count). The first-order valence-electron chi connectivity index (χ1n) is 7.33. The lowest BCUT2D eigenvalue weighted by atomic mass is 9.96. The number of H-pyrrole nitrogens is 1. The lowest BCUT2D eigenvalue weighted by Crippen LogP contribution is -2.39. The molecule has 0 bridgehead atoms. The Morgan fingerprint density at radius 2 is 2.30 bits per heavy atom. The fraction of sp³-hybridized carbons (Fsp3) is 0.400. The van der Waals surface area contributed by atoms with Gasteiger partial charge in [0.15, 0.2) is 4.77 Å². The summed E-state index contributed by atoms with van der Waals surface area (Å²) in [5.74, 6) is 0.502. The Bertz CT molecular complexity index is 803. The van der Waals surface area contributed by atoms with Crippen molar-refractivity contribution in [3.63, 3.8) is 0 Å². The first-order valence-corrected chi connectivity index (χ1v) is 8.81. The van der Waals surface area contributed by atoms with E-state index in [1.807, 2.05) is 34.2 Å². The number of halogens is 2. The lowest BCUT2D eigenvalue weighted by Gasteiger charge is -2.32. The van der Waals surface area contributed by atoms with Crippen LogP contribution in [0.2, 0.25) is 0 Å². The monoisotopic (exact) mass is 446 g/mol. The lowest BCUT2D eigenvalue weighted by molar-refractivity contribution is 0.0703. The number of piperidine rings is 1. The molecule has 122 valence electrons. The third-order valence-corrected chi connectivity index (χ3v) is 5.39. The minimum atomic E-state index is -0.362. The van der Waals surface area contributed by atoms with E-state index in [1.165, 1.54) is 6.07 Å². The molecule has 0 spiro atoms. The third kappa shape index (κ3) is 3.32. The molecule has 1 N–H and O–H groups in total. The highest BCUT2D eigenvalue weighted by Crippen LogP contribution is 2.26. The Hall–Kier alpha value is -1.29. The van der Waals surface area contributed by atoms with E-state index in [0.29, 0.717) is 27.0 Å². The van der Waals surface area contributed by atoms with Gasteiger partial charge in [0.05, 0.1) is 0 Å². The van der Waals surface area contributed by atoms with Crippen molar-refractivity contribution in [2.45, 2.75) is 18.8 Å². The van der Waals surface area contributed by atoms with E-state index >= 15 is 0 Å². The maximum absolute atomic E-state index is 13.7. The number of carbonyl (C=O) groups is 1. The zero-order chi connectivity index (χ0) is 16.6. The number of aromatic amines is 1. The van der Waals surface area contributed by atoms with E-state index in [9.17, 15) is 9.18 Å². The predicted molar refractivity (Wildman–Crippen MR) is 95.4 cm³/mol. The van der Waals surface area contributed by atoms with Crippen molar-refractivity contribution in [3.05, 3.63) is 43.7 Å². The van der Waals surface area contributed by atoms with Crippen molar-refractivity contribution in [2.75, 3.05) is 13.1 Å². The zero-order valence-corrected chi connectivity index (χ0v) is 15.5. The van der Waals surface area contributed by atoms with Crippen LogP contribution in [-0.4, -0.2) is 38.7 Å². The average molecular weight is 446 g/mol. The van der Waals surface area contributed by atoms with Gasteiger partial charge in [0.2, 0.25) is 0 Å². The van der Waals surface area contributed by atoms with Crippen LogP contribution >= 0.6 is 34.8 Å². The second-order valence-electron chi connectivity index (χ2n) is 5.67. The molecule has 2 aromatic rings. The summed E-state index contributed by atoms with van der Waals surface area (Å²) in [7, 11) is 1.87. The van der Waals surface area contributed by atoms with Gasteiger partial charge in [-0.2, -0.15) is 5.10 Å². The van der Waals surface area contributed by atoms with Gasteiger partial charge in [0.1, 0.15) is 11.6 Å². The number of amides is 1. The number of aromatic nitrogens is 3. The maximum atomic E-state index is 13.7. The standard InChI is InChI=1S/C15H16FIN4OS/c1-20-13(18-19-15(20)23)10-3-2-6-21(8-10)14(22)9-4-5-12(17)11(16)7-9/h4-5,7,10H,2-3,6,8H2,1H3,(H,19,23). The van der Waals surface area contributed by atoms with Crippen LogP contribution < -0.4 is 0 Å². The van der Waals surface area contributed by atoms with Gasteiger partial charge in [-0.1, -0.05) is 0 Å². The number of likely N-dealkylation sites (tertiary alicyclic amines) is 1. The predicted octanol–water partition coefficient (Wildman–Crippen LogP) is 3.24. The van der Waals surface area contributed by atoms with Crippen LogP contribution in [0, 0.1) is 14.2 Å². The molecule has 1 atom stereocenters. The average Bonchev–Trinajstić information content (AvgIpc) is 2.89. The first-order chi connectivity index (χ1) is 11.0. The number of benzene rings is 1. The molecule has 1 fully saturated rings. The van der Waals surface area contributed by atoms with Gasteiger partial charge in [-0.15, -0.1) is 0 Å². The molecule has 1 saturated heterocycles. The summed E-state index contributed by atoms with van der Waals surface area (Å²) in [5, 5.41) is 7.06. The summed E-state index contributed by atoms with van der Waals surface area (Å²) in [5.41, 5.74) is 0.388. The summed E-state index contributed by atoms with van der Waals surface area (Å²) in [6.07, 6.45) is 1.85. The SMILES string of the molecule is Cn1c(C2CCCN(C(=O)c3ccc(I)c(F)c3)C2)n[nH]c1=S. The molecule has 1 amide bonds. The second-order valence-corrected chi connectivity index (χ2v) is 7.21. The molecule has 23 heavy (non-hydrogen) atoms. The summed E-state index contributed by atoms with van der Waals surface area (Å²) < 4.78 is 16.6. The van der Waals surface area contributed by atoms with Crippen molar-refractivity contribution in [2.24, 2.45) is 7.05 Å². The molecule has 8 heteroatoms. The number of nitrogens with one attached hydrogen (secondary N) is 1. The minimum Gasteiger partial charge on any atom is -0.338 e. The zero-order valence-electron chi connectivity index (χ0n) is 12.6. The van der Waals surface area contributed by atoms with E-state index in [1.54, 1.807) is 17.0 Å². The second kappa shape index (κ2) is 6.68. The highest BCUT2D eigenvalue weighted by molar-refractivity contribution is 14.1. The Morgan fingerprint density at radius 3 is 2.96 bits per heavy atom. The Labute approximate surface area is 152 Å². The molecule has 0 aliphatic carbocycles. The van der Waals surface area contributed by atoms with Crippen LogP contribution in [0.3, 0.4) is 0 Å². The van der Waals surface area contributed by atoms with Crippen LogP contribution in [0.1, 0.15) is 34.9 Å². The molecule has 1 aliphatic rings. The van der Waals surface area contributed by atoms with Crippen LogP contribution in [0.25, 0.3) is 0 Å². The number of hydrogen-bond donors (Lipinski definition) is 1. The van der Waals surface area contributed by atoms with Gasteiger partial charge < -0.3 is 9.47 Å². The van der Waals surface area contributed by atoms with Crippen LogP contribution in [0.4, 0.5) is 4.39 Å². The molecule has 1 aromatic carbocycles. The molecule has 1 aromatic heterocycles. The summed E-state index contributed by atoms with van der Waals surface area (Å²) in [6.45, 7) is 1.25. The van der Waals surface area contributed by atoms with Crippen molar-refractivity contribution < 1.29 is 9.18 Å². The van der Waals surface area contributed by atoms with E-state index in [-0.39, 0.29) is 17.6 Å². The summed E-state index contributed by atoms with van der Waals surface area (Å²) in [6, 6.07) is 4.61. The fourth-order valence-electron chi connectivity index (χ4n) is 2.91. The normalized spacial score (nSPS) is 18.2. The van der Waals surface area contributed by atoms with Crippen LogP contribution in [0.15, 0.2) is 18.2 Å². The van der Waals surface area contributed by atoms with Gasteiger partial charge >= 0.3 is 0 Å². The van der Waals surface area contributed by atoms with E-state index in [0.717, 1.165) is 18.7 Å². The molecule has 5 nitrogen and oxygen atoms in total. The molecule has 0 saturated carbocycles. The molecule has 0 radical (unpaired) electrons. The quantitative estimate of drug-likeness (QED) is 0.570. The largest absolute Gasteiger partial charge is 0.338 e. The van der Waals surface area contributed by atoms with Gasteiger partial charge in [-0.3, -0.25) is 9.89 Å². The molecule has 1 unspecified atom stereocenters. The van der Waals surface area contributed by atoms with Crippen molar-refractivity contribution in [1.29, 1.82) is 0 Å². The van der Waals surface area contributed by atoms with E-state index in [4.69, 9.17) is 12.2 Å². The number of carbonyl (C=O) groups excluding carboxylic acids is 1. The minimum absolute atomic E-state index is 0.137.